The average Bonchev–Trinajstić information content (AvgIpc) is 3.46. The maximum Gasteiger partial charge on any atom is 0.258 e. The SMILES string of the molecule is O=c1cc(OCc2ccccc2)ccn1-c1ccc2c(cnn2CC2CO2)c1. The highest BCUT2D eigenvalue weighted by molar-refractivity contribution is 5.81. The van der Waals surface area contributed by atoms with Crippen molar-refractivity contribution in [2.24, 2.45) is 0 Å². The number of nitrogens with zero attached hydrogens (tertiary/aromatic N) is 3. The van der Waals surface area contributed by atoms with Crippen LogP contribution in [0.15, 0.2) is 77.9 Å². The van der Waals surface area contributed by atoms with Gasteiger partial charge in [-0.3, -0.25) is 14.0 Å². The molecular formula is C22H19N3O3. The topological polar surface area (TPSA) is 61.6 Å². The Labute approximate surface area is 161 Å². The summed E-state index contributed by atoms with van der Waals surface area (Å²) in [7, 11) is 0. The van der Waals surface area contributed by atoms with Crippen LogP contribution in [0.25, 0.3) is 16.6 Å². The molecule has 0 amide bonds. The van der Waals surface area contributed by atoms with Crippen LogP contribution in [0.4, 0.5) is 0 Å². The molecule has 1 aliphatic rings. The number of pyridine rings is 1. The molecule has 0 saturated carbocycles. The largest absolute Gasteiger partial charge is 0.489 e. The van der Waals surface area contributed by atoms with Gasteiger partial charge in [0.15, 0.2) is 0 Å². The molecule has 5 rings (SSSR count). The summed E-state index contributed by atoms with van der Waals surface area (Å²) in [6.07, 6.45) is 3.84. The van der Waals surface area contributed by atoms with Crippen molar-refractivity contribution in [3.05, 3.63) is 89.0 Å². The van der Waals surface area contributed by atoms with Crippen LogP contribution >= 0.6 is 0 Å². The third kappa shape index (κ3) is 3.42. The molecule has 1 unspecified atom stereocenters. The summed E-state index contributed by atoms with van der Waals surface area (Å²) in [6.45, 7) is 1.99. The number of benzene rings is 2. The minimum atomic E-state index is -0.135. The van der Waals surface area contributed by atoms with Gasteiger partial charge in [0.2, 0.25) is 0 Å². The molecule has 0 N–H and O–H groups in total. The van der Waals surface area contributed by atoms with E-state index in [1.165, 1.54) is 6.07 Å². The molecule has 1 saturated heterocycles. The molecule has 3 heterocycles. The molecule has 0 spiro atoms. The van der Waals surface area contributed by atoms with Gasteiger partial charge in [-0.05, 0) is 29.8 Å². The van der Waals surface area contributed by atoms with Crippen LogP contribution in [-0.4, -0.2) is 27.1 Å². The quantitative estimate of drug-likeness (QED) is 0.487. The third-order valence-corrected chi connectivity index (χ3v) is 4.82. The maximum atomic E-state index is 12.6. The second-order valence-corrected chi connectivity index (χ2v) is 6.87. The minimum Gasteiger partial charge on any atom is -0.489 e. The first-order chi connectivity index (χ1) is 13.8. The van der Waals surface area contributed by atoms with Crippen molar-refractivity contribution in [3.8, 4) is 11.4 Å². The van der Waals surface area contributed by atoms with Crippen LogP contribution in [0.5, 0.6) is 5.75 Å². The summed E-state index contributed by atoms with van der Waals surface area (Å²) >= 11 is 0. The predicted octanol–water partition coefficient (Wildman–Crippen LogP) is 3.17. The van der Waals surface area contributed by atoms with Crippen LogP contribution in [0.1, 0.15) is 5.56 Å². The summed E-state index contributed by atoms with van der Waals surface area (Å²) in [6, 6.07) is 19.1. The van der Waals surface area contributed by atoms with Gasteiger partial charge >= 0.3 is 0 Å². The van der Waals surface area contributed by atoms with Crippen LogP contribution in [-0.2, 0) is 17.9 Å². The molecular weight excluding hydrogens is 354 g/mol. The van der Waals surface area contributed by atoms with Gasteiger partial charge in [0.25, 0.3) is 5.56 Å². The van der Waals surface area contributed by atoms with E-state index < -0.39 is 0 Å². The standard InChI is InChI=1S/C22H19N3O3/c26-22-11-19(27-14-16-4-2-1-3-5-16)8-9-24(22)18-6-7-21-17(10-18)12-23-25(21)13-20-15-28-20/h1-12,20H,13-15H2. The Kier molecular flexibility index (Phi) is 4.18. The van der Waals surface area contributed by atoms with Gasteiger partial charge in [0, 0.05) is 23.3 Å². The monoisotopic (exact) mass is 373 g/mol. The molecule has 1 aliphatic heterocycles. The number of aromatic nitrogens is 3. The molecule has 140 valence electrons. The molecule has 2 aromatic heterocycles. The van der Waals surface area contributed by atoms with Gasteiger partial charge in [0.05, 0.1) is 24.9 Å². The van der Waals surface area contributed by atoms with E-state index in [2.05, 4.69) is 5.10 Å². The van der Waals surface area contributed by atoms with Crippen molar-refractivity contribution in [2.75, 3.05) is 6.61 Å². The number of fused-ring (bicyclic) bond motifs is 1. The Morgan fingerprint density at radius 3 is 2.75 bits per heavy atom. The summed E-state index contributed by atoms with van der Waals surface area (Å²) in [5, 5.41) is 5.42. The van der Waals surface area contributed by atoms with Crippen molar-refractivity contribution in [1.29, 1.82) is 0 Å². The Balaban J connectivity index is 1.37. The van der Waals surface area contributed by atoms with Crippen LogP contribution in [0, 0.1) is 0 Å². The molecule has 28 heavy (non-hydrogen) atoms. The summed E-state index contributed by atoms with van der Waals surface area (Å²) in [5.74, 6) is 0.559. The number of hydrogen-bond donors (Lipinski definition) is 0. The molecule has 6 heteroatoms. The smallest absolute Gasteiger partial charge is 0.258 e. The molecule has 1 fully saturated rings. The van der Waals surface area contributed by atoms with Crippen molar-refractivity contribution < 1.29 is 9.47 Å². The van der Waals surface area contributed by atoms with Crippen LogP contribution in [0.2, 0.25) is 0 Å². The van der Waals surface area contributed by atoms with Crippen molar-refractivity contribution in [3.63, 3.8) is 0 Å². The normalized spacial score (nSPS) is 15.6. The lowest BCUT2D eigenvalue weighted by Gasteiger charge is -2.09. The summed E-state index contributed by atoms with van der Waals surface area (Å²) in [5.41, 5.74) is 2.76. The second-order valence-electron chi connectivity index (χ2n) is 6.87. The predicted molar refractivity (Wildman–Crippen MR) is 106 cm³/mol. The Hall–Kier alpha value is -3.38. The highest BCUT2D eigenvalue weighted by Gasteiger charge is 2.23. The number of epoxide rings is 1. The fourth-order valence-electron chi connectivity index (χ4n) is 3.24. The first-order valence-corrected chi connectivity index (χ1v) is 9.23. The lowest BCUT2D eigenvalue weighted by atomic mass is 10.2. The Morgan fingerprint density at radius 2 is 1.96 bits per heavy atom. The van der Waals surface area contributed by atoms with Gasteiger partial charge in [-0.25, -0.2) is 0 Å². The fourth-order valence-corrected chi connectivity index (χ4v) is 3.24. The van der Waals surface area contributed by atoms with Gasteiger partial charge < -0.3 is 9.47 Å². The molecule has 1 atom stereocenters. The fraction of sp³-hybridized carbons (Fsp3) is 0.182. The molecule has 4 aromatic rings. The molecule has 0 bridgehead atoms. The zero-order chi connectivity index (χ0) is 18.9. The van der Waals surface area contributed by atoms with E-state index in [0.717, 1.165) is 35.3 Å². The average molecular weight is 373 g/mol. The summed E-state index contributed by atoms with van der Waals surface area (Å²) < 4.78 is 14.6. The molecule has 0 radical (unpaired) electrons. The van der Waals surface area contributed by atoms with E-state index in [4.69, 9.17) is 9.47 Å². The van der Waals surface area contributed by atoms with E-state index in [0.29, 0.717) is 12.4 Å². The van der Waals surface area contributed by atoms with Crippen LogP contribution in [0.3, 0.4) is 0 Å². The third-order valence-electron chi connectivity index (χ3n) is 4.82. The maximum absolute atomic E-state index is 12.6. The van der Waals surface area contributed by atoms with E-state index in [1.54, 1.807) is 10.8 Å². The van der Waals surface area contributed by atoms with Gasteiger partial charge in [-0.15, -0.1) is 0 Å². The van der Waals surface area contributed by atoms with Crippen molar-refractivity contribution in [1.82, 2.24) is 14.3 Å². The van der Waals surface area contributed by atoms with E-state index >= 15 is 0 Å². The van der Waals surface area contributed by atoms with Gasteiger partial charge in [-0.1, -0.05) is 30.3 Å². The van der Waals surface area contributed by atoms with E-state index in [-0.39, 0.29) is 11.7 Å². The molecule has 2 aromatic carbocycles. The first kappa shape index (κ1) is 16.8. The van der Waals surface area contributed by atoms with Crippen molar-refractivity contribution in [2.45, 2.75) is 19.3 Å². The number of ether oxygens (including phenoxy) is 2. The van der Waals surface area contributed by atoms with Crippen molar-refractivity contribution >= 4 is 10.9 Å². The Morgan fingerprint density at radius 1 is 1.11 bits per heavy atom. The van der Waals surface area contributed by atoms with Gasteiger partial charge in [-0.2, -0.15) is 5.10 Å². The number of rotatable bonds is 6. The zero-order valence-electron chi connectivity index (χ0n) is 15.2. The highest BCUT2D eigenvalue weighted by atomic mass is 16.6. The highest BCUT2D eigenvalue weighted by Crippen LogP contribution is 2.21. The van der Waals surface area contributed by atoms with E-state index in [1.807, 2.05) is 65.5 Å². The first-order valence-electron chi connectivity index (χ1n) is 9.23. The van der Waals surface area contributed by atoms with Gasteiger partial charge in [0.1, 0.15) is 18.5 Å². The second kappa shape index (κ2) is 6.98. The summed E-state index contributed by atoms with van der Waals surface area (Å²) in [4.78, 5) is 12.6. The van der Waals surface area contributed by atoms with E-state index in [9.17, 15) is 4.79 Å². The zero-order valence-corrected chi connectivity index (χ0v) is 15.2. The minimum absolute atomic E-state index is 0.135. The number of hydrogen-bond acceptors (Lipinski definition) is 4. The molecule has 0 aliphatic carbocycles. The molecule has 6 nitrogen and oxygen atoms in total. The lowest BCUT2D eigenvalue weighted by molar-refractivity contribution is 0.305. The van der Waals surface area contributed by atoms with Crippen LogP contribution < -0.4 is 10.3 Å². The lowest BCUT2D eigenvalue weighted by Crippen LogP contribution is -2.16. The Bertz CT molecular complexity index is 1180.